The fourth-order valence-corrected chi connectivity index (χ4v) is 3.42. The highest BCUT2D eigenvalue weighted by Crippen LogP contribution is 2.29. The predicted molar refractivity (Wildman–Crippen MR) is 84.6 cm³/mol. The Morgan fingerprint density at radius 2 is 2.17 bits per heavy atom. The van der Waals surface area contributed by atoms with E-state index in [4.69, 9.17) is 4.52 Å². The number of nitrogens with zero attached hydrogens (tertiary/aromatic N) is 4. The highest BCUT2D eigenvalue weighted by molar-refractivity contribution is 7.09. The minimum atomic E-state index is -0.0122. The molecule has 3 aromatic heterocycles. The summed E-state index contributed by atoms with van der Waals surface area (Å²) in [6.07, 6.45) is 3.79. The van der Waals surface area contributed by atoms with Crippen LogP contribution in [0.2, 0.25) is 0 Å². The van der Waals surface area contributed by atoms with Gasteiger partial charge in [0, 0.05) is 41.7 Å². The minimum Gasteiger partial charge on any atom is -0.337 e. The molecule has 3 aromatic rings. The Morgan fingerprint density at radius 1 is 1.30 bits per heavy atom. The molecule has 1 fully saturated rings. The van der Waals surface area contributed by atoms with Crippen molar-refractivity contribution in [2.45, 2.75) is 18.9 Å². The third kappa shape index (κ3) is 2.87. The second kappa shape index (κ2) is 5.92. The van der Waals surface area contributed by atoms with Crippen molar-refractivity contribution in [2.75, 3.05) is 6.54 Å². The molecule has 1 saturated heterocycles. The number of likely N-dealkylation sites (tertiary alicyclic amines) is 1. The molecule has 1 aliphatic rings. The van der Waals surface area contributed by atoms with Crippen LogP contribution in [0.4, 0.5) is 0 Å². The Morgan fingerprint density at radius 3 is 2.96 bits per heavy atom. The first-order valence-corrected chi connectivity index (χ1v) is 8.22. The molecule has 6 nitrogen and oxygen atoms in total. The fourth-order valence-electron chi connectivity index (χ4n) is 2.70. The zero-order chi connectivity index (χ0) is 15.6. The Balaban J connectivity index is 1.49. The average Bonchev–Trinajstić information content (AvgIpc) is 3.31. The predicted octanol–water partition coefficient (Wildman–Crippen LogP) is 2.71. The molecule has 0 bridgehead atoms. The lowest BCUT2D eigenvalue weighted by molar-refractivity contribution is -0.128. The van der Waals surface area contributed by atoms with E-state index in [1.165, 1.54) is 4.88 Å². The largest absolute Gasteiger partial charge is 0.337 e. The van der Waals surface area contributed by atoms with Crippen LogP contribution in [0.15, 0.2) is 46.6 Å². The molecule has 0 saturated carbocycles. The van der Waals surface area contributed by atoms with Gasteiger partial charge in [0.2, 0.25) is 5.91 Å². The Labute approximate surface area is 136 Å². The lowest BCUT2D eigenvalue weighted by atomic mass is 10.1. The summed E-state index contributed by atoms with van der Waals surface area (Å²) in [5, 5.41) is 6.08. The van der Waals surface area contributed by atoms with E-state index in [0.717, 1.165) is 5.56 Å². The van der Waals surface area contributed by atoms with Gasteiger partial charge in [0.25, 0.3) is 5.89 Å². The standard InChI is InChI=1S/C16H14N4O2S/c21-14-8-12(9-20(14)10-13-2-1-7-23-13)15-18-16(22-19-15)11-3-5-17-6-4-11/h1-7,12H,8-10H2. The summed E-state index contributed by atoms with van der Waals surface area (Å²) in [5.41, 5.74) is 0.832. The maximum Gasteiger partial charge on any atom is 0.258 e. The molecule has 0 aliphatic carbocycles. The van der Waals surface area contributed by atoms with Crippen molar-refractivity contribution in [3.63, 3.8) is 0 Å². The number of aromatic nitrogens is 3. The molecule has 0 aromatic carbocycles. The zero-order valence-corrected chi connectivity index (χ0v) is 13.1. The summed E-state index contributed by atoms with van der Waals surface area (Å²) in [7, 11) is 0. The van der Waals surface area contributed by atoms with Crippen LogP contribution in [0, 0.1) is 0 Å². The molecule has 4 heterocycles. The van der Waals surface area contributed by atoms with Gasteiger partial charge in [-0.2, -0.15) is 4.98 Å². The first kappa shape index (κ1) is 14.1. The van der Waals surface area contributed by atoms with Gasteiger partial charge >= 0.3 is 0 Å². The maximum absolute atomic E-state index is 12.2. The van der Waals surface area contributed by atoms with Gasteiger partial charge in [-0.1, -0.05) is 11.2 Å². The number of thiophene rings is 1. The maximum atomic E-state index is 12.2. The SMILES string of the molecule is O=C1CC(c2noc(-c3ccncc3)n2)CN1Cc1cccs1. The highest BCUT2D eigenvalue weighted by Gasteiger charge is 2.33. The quantitative estimate of drug-likeness (QED) is 0.737. The molecule has 1 amide bonds. The molecule has 1 unspecified atom stereocenters. The van der Waals surface area contributed by atoms with E-state index in [9.17, 15) is 4.79 Å². The van der Waals surface area contributed by atoms with Crippen LogP contribution in [-0.4, -0.2) is 32.5 Å². The van der Waals surface area contributed by atoms with E-state index < -0.39 is 0 Å². The molecule has 0 radical (unpaired) electrons. The van der Waals surface area contributed by atoms with Gasteiger partial charge in [-0.25, -0.2) is 0 Å². The molecule has 1 atom stereocenters. The zero-order valence-electron chi connectivity index (χ0n) is 12.3. The number of hydrogen-bond acceptors (Lipinski definition) is 6. The number of carbonyl (C=O) groups is 1. The number of pyridine rings is 1. The van der Waals surface area contributed by atoms with Crippen LogP contribution in [0.1, 0.15) is 23.0 Å². The summed E-state index contributed by atoms with van der Waals surface area (Å²) < 4.78 is 5.32. The average molecular weight is 326 g/mol. The molecule has 116 valence electrons. The van der Waals surface area contributed by atoms with Gasteiger partial charge in [0.1, 0.15) is 0 Å². The first-order valence-electron chi connectivity index (χ1n) is 7.34. The molecular formula is C16H14N4O2S. The van der Waals surface area contributed by atoms with Crippen molar-refractivity contribution < 1.29 is 9.32 Å². The van der Waals surface area contributed by atoms with Crippen LogP contribution in [0.3, 0.4) is 0 Å². The monoisotopic (exact) mass is 326 g/mol. The van der Waals surface area contributed by atoms with E-state index in [1.54, 1.807) is 23.7 Å². The fraction of sp³-hybridized carbons (Fsp3) is 0.250. The number of rotatable bonds is 4. The number of amides is 1. The summed E-state index contributed by atoms with van der Waals surface area (Å²) >= 11 is 1.66. The van der Waals surface area contributed by atoms with E-state index in [0.29, 0.717) is 31.2 Å². The van der Waals surface area contributed by atoms with Crippen molar-refractivity contribution >= 4 is 17.2 Å². The number of carbonyl (C=O) groups excluding carboxylic acids is 1. The van der Waals surface area contributed by atoms with Crippen molar-refractivity contribution in [2.24, 2.45) is 0 Å². The molecule has 1 aliphatic heterocycles. The normalized spacial score (nSPS) is 17.8. The lowest BCUT2D eigenvalue weighted by Crippen LogP contribution is -2.23. The summed E-state index contributed by atoms with van der Waals surface area (Å²) in [6, 6.07) is 7.68. The third-order valence-electron chi connectivity index (χ3n) is 3.88. The minimum absolute atomic E-state index is 0.0122. The highest BCUT2D eigenvalue weighted by atomic mass is 32.1. The Hall–Kier alpha value is -2.54. The van der Waals surface area contributed by atoms with Crippen molar-refractivity contribution in [3.8, 4) is 11.5 Å². The van der Waals surface area contributed by atoms with Gasteiger partial charge in [0.05, 0.1) is 6.54 Å². The smallest absolute Gasteiger partial charge is 0.258 e. The molecule has 0 N–H and O–H groups in total. The summed E-state index contributed by atoms with van der Waals surface area (Å²) in [5.74, 6) is 1.19. The Kier molecular flexibility index (Phi) is 3.63. The van der Waals surface area contributed by atoms with Gasteiger partial charge in [-0.15, -0.1) is 11.3 Å². The molecule has 0 spiro atoms. The molecule has 4 rings (SSSR count). The van der Waals surface area contributed by atoms with Gasteiger partial charge < -0.3 is 9.42 Å². The number of hydrogen-bond donors (Lipinski definition) is 0. The van der Waals surface area contributed by atoms with Crippen LogP contribution in [0.25, 0.3) is 11.5 Å². The molecular weight excluding hydrogens is 312 g/mol. The van der Waals surface area contributed by atoms with Gasteiger partial charge in [-0.05, 0) is 23.6 Å². The third-order valence-corrected chi connectivity index (χ3v) is 4.74. The lowest BCUT2D eigenvalue weighted by Gasteiger charge is -2.14. The molecule has 7 heteroatoms. The van der Waals surface area contributed by atoms with Crippen LogP contribution in [-0.2, 0) is 11.3 Å². The van der Waals surface area contributed by atoms with Crippen molar-refractivity contribution in [1.29, 1.82) is 0 Å². The molecule has 23 heavy (non-hydrogen) atoms. The van der Waals surface area contributed by atoms with Crippen LogP contribution >= 0.6 is 11.3 Å². The van der Waals surface area contributed by atoms with E-state index >= 15 is 0 Å². The Bertz CT molecular complexity index is 801. The second-order valence-electron chi connectivity index (χ2n) is 5.45. The van der Waals surface area contributed by atoms with E-state index in [1.807, 2.05) is 34.5 Å². The van der Waals surface area contributed by atoms with Crippen LogP contribution < -0.4 is 0 Å². The second-order valence-corrected chi connectivity index (χ2v) is 6.48. The van der Waals surface area contributed by atoms with Crippen LogP contribution in [0.5, 0.6) is 0 Å². The topological polar surface area (TPSA) is 72.1 Å². The summed E-state index contributed by atoms with van der Waals surface area (Å²) in [6.45, 7) is 1.29. The first-order chi connectivity index (χ1) is 11.3. The summed E-state index contributed by atoms with van der Waals surface area (Å²) in [4.78, 5) is 23.7. The van der Waals surface area contributed by atoms with E-state index in [-0.39, 0.29) is 11.8 Å². The van der Waals surface area contributed by atoms with Crippen molar-refractivity contribution in [1.82, 2.24) is 20.0 Å². The van der Waals surface area contributed by atoms with E-state index in [2.05, 4.69) is 15.1 Å². The van der Waals surface area contributed by atoms with Crippen molar-refractivity contribution in [3.05, 3.63) is 52.7 Å². The van der Waals surface area contributed by atoms with Gasteiger partial charge in [0.15, 0.2) is 5.82 Å². The van der Waals surface area contributed by atoms with Gasteiger partial charge in [-0.3, -0.25) is 9.78 Å².